The molecule has 54 valence electrons. The maximum absolute atomic E-state index is 10.2. The van der Waals surface area contributed by atoms with Gasteiger partial charge in [0.05, 0.1) is 6.61 Å². The van der Waals surface area contributed by atoms with Gasteiger partial charge < -0.3 is 0 Å². The zero-order chi connectivity index (χ0) is 7.33. The van der Waals surface area contributed by atoms with Gasteiger partial charge in [0.2, 0.25) is 0 Å². The van der Waals surface area contributed by atoms with Gasteiger partial charge in [0.25, 0.3) is 9.05 Å². The smallest absolute Gasteiger partial charge is 0.266 e. The SMILES string of the molecule is O=S(O)(=S)OCC=CP. The number of hydrogen-bond acceptors (Lipinski definition) is 3. The van der Waals surface area contributed by atoms with Crippen molar-refractivity contribution in [1.82, 2.24) is 0 Å². The minimum absolute atomic E-state index is 0.0718. The quantitative estimate of drug-likeness (QED) is 0.653. The maximum Gasteiger partial charge on any atom is 0.266 e. The second-order valence-corrected chi connectivity index (χ2v) is 3.88. The molecule has 0 aromatic heterocycles. The highest BCUT2D eigenvalue weighted by Crippen LogP contribution is 1.89. The summed E-state index contributed by atoms with van der Waals surface area (Å²) in [7, 11) is -1.12. The van der Waals surface area contributed by atoms with Crippen molar-refractivity contribution in [2.45, 2.75) is 0 Å². The molecule has 0 aliphatic carbocycles. The lowest BCUT2D eigenvalue weighted by Gasteiger charge is -1.94. The summed E-state index contributed by atoms with van der Waals surface area (Å²) in [5.74, 6) is 1.63. The van der Waals surface area contributed by atoms with Gasteiger partial charge >= 0.3 is 0 Å². The molecule has 3 nitrogen and oxygen atoms in total. The standard InChI is InChI=1S/C3H7O3PS2/c4-9(5,8)6-2-1-3-7/h1,3H,2,7H2,(H,4,5,8). The first-order valence-electron chi connectivity index (χ1n) is 2.05. The van der Waals surface area contributed by atoms with Crippen molar-refractivity contribution in [2.75, 3.05) is 6.61 Å². The first-order chi connectivity index (χ1) is 4.06. The zero-order valence-electron chi connectivity index (χ0n) is 4.52. The van der Waals surface area contributed by atoms with Crippen molar-refractivity contribution < 1.29 is 12.9 Å². The second kappa shape index (κ2) is 4.30. The van der Waals surface area contributed by atoms with Crippen molar-refractivity contribution in [3.63, 3.8) is 0 Å². The molecule has 0 spiro atoms. The van der Waals surface area contributed by atoms with Gasteiger partial charge in [-0.1, -0.05) is 11.9 Å². The molecule has 9 heavy (non-hydrogen) atoms. The van der Waals surface area contributed by atoms with Gasteiger partial charge in [-0.15, -0.1) is 9.24 Å². The van der Waals surface area contributed by atoms with Crippen LogP contribution in [0.3, 0.4) is 0 Å². The Balaban J connectivity index is 3.53. The monoisotopic (exact) mass is 186 g/mol. The highest BCUT2D eigenvalue weighted by Gasteiger charge is 1.94. The minimum atomic E-state index is -3.42. The van der Waals surface area contributed by atoms with Gasteiger partial charge in [0.15, 0.2) is 0 Å². The predicted molar refractivity (Wildman–Crippen MR) is 42.9 cm³/mol. The summed E-state index contributed by atoms with van der Waals surface area (Å²) in [5, 5.41) is 0. The lowest BCUT2D eigenvalue weighted by atomic mass is 10.7. The first kappa shape index (κ1) is 9.46. The van der Waals surface area contributed by atoms with E-state index in [0.29, 0.717) is 0 Å². The topological polar surface area (TPSA) is 46.5 Å². The predicted octanol–water partition coefficient (Wildman–Crippen LogP) is 0.526. The summed E-state index contributed by atoms with van der Waals surface area (Å²) >= 11 is 4.02. The summed E-state index contributed by atoms with van der Waals surface area (Å²) in [4.78, 5) is 0. The fraction of sp³-hybridized carbons (Fsp3) is 0.333. The highest BCUT2D eigenvalue weighted by molar-refractivity contribution is 8.27. The van der Waals surface area contributed by atoms with Crippen molar-refractivity contribution in [3.05, 3.63) is 11.9 Å². The normalized spacial score (nSPS) is 18.0. The van der Waals surface area contributed by atoms with Gasteiger partial charge in [0, 0.05) is 11.2 Å². The summed E-state index contributed by atoms with van der Waals surface area (Å²) in [5.41, 5.74) is 0. The molecular weight excluding hydrogens is 179 g/mol. The van der Waals surface area contributed by atoms with Crippen LogP contribution in [0.5, 0.6) is 0 Å². The van der Waals surface area contributed by atoms with E-state index in [-0.39, 0.29) is 6.61 Å². The van der Waals surface area contributed by atoms with Crippen LogP contribution in [0.4, 0.5) is 0 Å². The average Bonchev–Trinajstić information content (AvgIpc) is 1.63. The Labute approximate surface area is 61.4 Å². The van der Waals surface area contributed by atoms with Crippen molar-refractivity contribution in [3.8, 4) is 0 Å². The Hall–Kier alpha value is 0.460. The third-order valence-electron chi connectivity index (χ3n) is 0.449. The molecule has 0 aliphatic heterocycles. The van der Waals surface area contributed by atoms with Gasteiger partial charge in [-0.3, -0.25) is 8.74 Å². The van der Waals surface area contributed by atoms with Gasteiger partial charge in [-0.05, 0) is 0 Å². The van der Waals surface area contributed by atoms with Crippen molar-refractivity contribution in [1.29, 1.82) is 0 Å². The molecular formula is C3H7O3PS2. The van der Waals surface area contributed by atoms with Gasteiger partial charge in [-0.2, -0.15) is 4.21 Å². The van der Waals surface area contributed by atoms with E-state index in [4.69, 9.17) is 4.55 Å². The summed E-state index contributed by atoms with van der Waals surface area (Å²) in [6, 6.07) is 0. The fourth-order valence-electron chi connectivity index (χ4n) is 0.181. The molecule has 0 rings (SSSR count). The van der Waals surface area contributed by atoms with Crippen molar-refractivity contribution in [2.24, 2.45) is 0 Å². The molecule has 0 bridgehead atoms. The Morgan fingerprint density at radius 1 is 1.89 bits per heavy atom. The summed E-state index contributed by atoms with van der Waals surface area (Å²) in [6.45, 7) is 0.0718. The summed E-state index contributed by atoms with van der Waals surface area (Å²) in [6.07, 6.45) is 1.56. The molecule has 0 radical (unpaired) electrons. The van der Waals surface area contributed by atoms with E-state index in [1.807, 2.05) is 0 Å². The van der Waals surface area contributed by atoms with E-state index in [9.17, 15) is 4.21 Å². The molecule has 0 saturated carbocycles. The van der Waals surface area contributed by atoms with Crippen LogP contribution in [0.2, 0.25) is 0 Å². The molecule has 6 heteroatoms. The van der Waals surface area contributed by atoms with Crippen molar-refractivity contribution >= 4 is 29.5 Å². The lowest BCUT2D eigenvalue weighted by molar-refractivity contribution is 0.340. The molecule has 0 fully saturated rings. The summed E-state index contributed by atoms with van der Waals surface area (Å²) < 4.78 is 22.8. The molecule has 0 aliphatic rings. The molecule has 0 heterocycles. The van der Waals surface area contributed by atoms with Crippen LogP contribution >= 0.6 is 9.24 Å². The van der Waals surface area contributed by atoms with Crippen LogP contribution in [0.1, 0.15) is 0 Å². The molecule has 0 amide bonds. The minimum Gasteiger partial charge on any atom is -0.285 e. The van der Waals surface area contributed by atoms with Gasteiger partial charge in [-0.25, -0.2) is 0 Å². The molecule has 1 N–H and O–H groups in total. The third-order valence-corrected chi connectivity index (χ3v) is 1.44. The van der Waals surface area contributed by atoms with Crippen LogP contribution in [0.15, 0.2) is 11.9 Å². The zero-order valence-corrected chi connectivity index (χ0v) is 7.31. The van der Waals surface area contributed by atoms with Crippen LogP contribution < -0.4 is 0 Å². The first-order valence-corrected chi connectivity index (χ1v) is 5.08. The van der Waals surface area contributed by atoms with Gasteiger partial charge in [0.1, 0.15) is 0 Å². The number of rotatable bonds is 3. The average molecular weight is 186 g/mol. The lowest BCUT2D eigenvalue weighted by Crippen LogP contribution is -2.00. The molecule has 0 saturated heterocycles. The maximum atomic E-state index is 10.2. The Bertz CT molecular complexity index is 183. The van der Waals surface area contributed by atoms with Crippen LogP contribution in [-0.4, -0.2) is 15.4 Å². The van der Waals surface area contributed by atoms with E-state index in [1.165, 1.54) is 0 Å². The molecule has 0 aromatic rings. The highest BCUT2D eigenvalue weighted by atomic mass is 32.9. The third kappa shape index (κ3) is 8.46. The van der Waals surface area contributed by atoms with E-state index in [0.717, 1.165) is 0 Å². The largest absolute Gasteiger partial charge is 0.285 e. The van der Waals surface area contributed by atoms with E-state index < -0.39 is 9.05 Å². The number of hydrogen-bond donors (Lipinski definition) is 1. The Morgan fingerprint density at radius 2 is 2.44 bits per heavy atom. The fourth-order valence-corrected chi connectivity index (χ4v) is 0.709. The van der Waals surface area contributed by atoms with Crippen LogP contribution in [0, 0.1) is 0 Å². The van der Waals surface area contributed by atoms with E-state index in [1.54, 1.807) is 11.9 Å². The second-order valence-electron chi connectivity index (χ2n) is 1.14. The van der Waals surface area contributed by atoms with E-state index in [2.05, 4.69) is 24.6 Å². The Morgan fingerprint density at radius 3 is 2.78 bits per heavy atom. The molecule has 2 atom stereocenters. The van der Waals surface area contributed by atoms with E-state index >= 15 is 0 Å². The van der Waals surface area contributed by atoms with Crippen LogP contribution in [0.25, 0.3) is 0 Å². The van der Waals surface area contributed by atoms with Crippen LogP contribution in [-0.2, 0) is 24.4 Å². The Kier molecular flexibility index (Phi) is 4.52. The molecule has 2 unspecified atom stereocenters. The molecule has 0 aromatic carbocycles.